The Labute approximate surface area is 118 Å². The van der Waals surface area contributed by atoms with Gasteiger partial charge in [-0.15, -0.1) is 0 Å². The predicted molar refractivity (Wildman–Crippen MR) is 74.8 cm³/mol. The number of benzene rings is 1. The minimum Gasteiger partial charge on any atom is -0.483 e. The van der Waals surface area contributed by atoms with Crippen LogP contribution in [0.4, 0.5) is 0 Å². The fourth-order valence-electron chi connectivity index (χ4n) is 1.50. The molecule has 5 heteroatoms. The number of hydrogen-bond acceptors (Lipinski definition) is 3. The van der Waals surface area contributed by atoms with Crippen molar-refractivity contribution in [3.8, 4) is 5.75 Å². The van der Waals surface area contributed by atoms with E-state index in [0.717, 1.165) is 0 Å². The summed E-state index contributed by atoms with van der Waals surface area (Å²) >= 11 is 5.82. The monoisotopic (exact) mass is 283 g/mol. The van der Waals surface area contributed by atoms with Crippen molar-refractivity contribution in [2.45, 2.75) is 33.2 Å². The molecule has 0 saturated carbocycles. The first kappa shape index (κ1) is 15.5. The van der Waals surface area contributed by atoms with Crippen molar-refractivity contribution >= 4 is 23.3 Å². The summed E-state index contributed by atoms with van der Waals surface area (Å²) in [7, 11) is 0. The average Bonchev–Trinajstić information content (AvgIpc) is 2.24. The van der Waals surface area contributed by atoms with Crippen LogP contribution < -0.4 is 10.1 Å². The maximum Gasteiger partial charge on any atom is 0.258 e. The van der Waals surface area contributed by atoms with Crippen molar-refractivity contribution < 1.29 is 14.3 Å². The first-order valence-electron chi connectivity index (χ1n) is 5.93. The van der Waals surface area contributed by atoms with Gasteiger partial charge in [-0.25, -0.2) is 0 Å². The van der Waals surface area contributed by atoms with Gasteiger partial charge in [0.1, 0.15) is 5.75 Å². The van der Waals surface area contributed by atoms with E-state index >= 15 is 0 Å². The molecule has 1 aromatic carbocycles. The van der Waals surface area contributed by atoms with Gasteiger partial charge in [0.05, 0.1) is 5.56 Å². The second-order valence-corrected chi connectivity index (χ2v) is 5.72. The Balaban J connectivity index is 2.73. The molecule has 0 aliphatic rings. The lowest BCUT2D eigenvalue weighted by atomic mass is 10.1. The lowest BCUT2D eigenvalue weighted by Gasteiger charge is -2.20. The van der Waals surface area contributed by atoms with Crippen LogP contribution >= 0.6 is 11.6 Å². The van der Waals surface area contributed by atoms with Crippen LogP contribution in [0.3, 0.4) is 0 Å². The highest BCUT2D eigenvalue weighted by Gasteiger charge is 2.15. The number of rotatable bonds is 4. The third-order valence-electron chi connectivity index (χ3n) is 2.19. The van der Waals surface area contributed by atoms with E-state index < -0.39 is 0 Å². The molecule has 0 spiro atoms. The Morgan fingerprint density at radius 1 is 1.32 bits per heavy atom. The van der Waals surface area contributed by atoms with E-state index in [0.29, 0.717) is 16.3 Å². The van der Waals surface area contributed by atoms with Gasteiger partial charge in [0.25, 0.3) is 5.91 Å². The lowest BCUT2D eigenvalue weighted by Crippen LogP contribution is -2.43. The standard InChI is InChI=1S/C14H18ClNO3/c1-9(17)11-7-10(15)5-6-12(11)19-8-13(18)16-14(2,3)4/h5-7H,8H2,1-4H3,(H,16,18). The summed E-state index contributed by atoms with van der Waals surface area (Å²) in [6.07, 6.45) is 0. The molecule has 104 valence electrons. The Hall–Kier alpha value is -1.55. The Bertz CT molecular complexity index is 492. The first-order chi connectivity index (χ1) is 8.69. The van der Waals surface area contributed by atoms with Crippen LogP contribution in [0.15, 0.2) is 18.2 Å². The van der Waals surface area contributed by atoms with Gasteiger partial charge >= 0.3 is 0 Å². The van der Waals surface area contributed by atoms with Gasteiger partial charge in [-0.05, 0) is 45.9 Å². The number of carbonyl (C=O) groups is 2. The zero-order chi connectivity index (χ0) is 14.6. The summed E-state index contributed by atoms with van der Waals surface area (Å²) in [6, 6.07) is 4.73. The van der Waals surface area contributed by atoms with Crippen molar-refractivity contribution in [1.29, 1.82) is 0 Å². The molecule has 4 nitrogen and oxygen atoms in total. The number of Topliss-reactive ketones (excluding diaryl/α,β-unsaturated/α-hetero) is 1. The number of amides is 1. The van der Waals surface area contributed by atoms with Crippen LogP contribution in [-0.2, 0) is 4.79 Å². The Morgan fingerprint density at radius 2 is 1.95 bits per heavy atom. The summed E-state index contributed by atoms with van der Waals surface area (Å²) < 4.78 is 5.37. The first-order valence-corrected chi connectivity index (χ1v) is 6.31. The molecule has 19 heavy (non-hydrogen) atoms. The molecule has 0 aromatic heterocycles. The third kappa shape index (κ3) is 5.30. The molecule has 0 bridgehead atoms. The van der Waals surface area contributed by atoms with Crippen LogP contribution in [0, 0.1) is 0 Å². The number of ether oxygens (including phenoxy) is 1. The zero-order valence-electron chi connectivity index (χ0n) is 11.5. The van der Waals surface area contributed by atoms with Gasteiger partial charge in [-0.1, -0.05) is 11.6 Å². The lowest BCUT2D eigenvalue weighted by molar-refractivity contribution is -0.124. The van der Waals surface area contributed by atoms with Crippen molar-refractivity contribution in [3.05, 3.63) is 28.8 Å². The fourth-order valence-corrected chi connectivity index (χ4v) is 1.67. The third-order valence-corrected chi connectivity index (χ3v) is 2.43. The van der Waals surface area contributed by atoms with Gasteiger partial charge < -0.3 is 10.1 Å². The highest BCUT2D eigenvalue weighted by atomic mass is 35.5. The second kappa shape index (κ2) is 6.06. The summed E-state index contributed by atoms with van der Waals surface area (Å²) in [5.74, 6) is -0.0355. The number of nitrogens with one attached hydrogen (secondary N) is 1. The summed E-state index contributed by atoms with van der Waals surface area (Å²) in [6.45, 7) is 6.93. The highest BCUT2D eigenvalue weighted by molar-refractivity contribution is 6.31. The topological polar surface area (TPSA) is 55.4 Å². The molecule has 0 fully saturated rings. The van der Waals surface area contributed by atoms with E-state index in [2.05, 4.69) is 5.32 Å². The maximum atomic E-state index is 11.6. The van der Waals surface area contributed by atoms with Crippen molar-refractivity contribution in [2.24, 2.45) is 0 Å². The average molecular weight is 284 g/mol. The number of hydrogen-bond donors (Lipinski definition) is 1. The molecule has 1 amide bonds. The molecule has 0 saturated heterocycles. The summed E-state index contributed by atoms with van der Waals surface area (Å²) in [5.41, 5.74) is 0.0557. The van der Waals surface area contributed by atoms with Gasteiger partial charge in [-0.3, -0.25) is 9.59 Å². The molecular weight excluding hydrogens is 266 g/mol. The van der Waals surface area contributed by atoms with Gasteiger partial charge in [-0.2, -0.15) is 0 Å². The largest absolute Gasteiger partial charge is 0.483 e. The predicted octanol–water partition coefficient (Wildman–Crippen LogP) is 2.84. The molecule has 0 heterocycles. The molecule has 0 aliphatic heterocycles. The van der Waals surface area contributed by atoms with Gasteiger partial charge in [0.2, 0.25) is 0 Å². The van der Waals surface area contributed by atoms with Crippen molar-refractivity contribution in [3.63, 3.8) is 0 Å². The smallest absolute Gasteiger partial charge is 0.258 e. The maximum absolute atomic E-state index is 11.6. The summed E-state index contributed by atoms with van der Waals surface area (Å²) in [4.78, 5) is 23.1. The quantitative estimate of drug-likeness (QED) is 0.865. The Kier molecular flexibility index (Phi) is 4.95. The van der Waals surface area contributed by atoms with E-state index in [1.807, 2.05) is 20.8 Å². The van der Waals surface area contributed by atoms with Crippen LogP contribution in [0.5, 0.6) is 5.75 Å². The minimum absolute atomic E-state index is 0.140. The molecule has 0 unspecified atom stereocenters. The number of ketones is 1. The molecular formula is C14H18ClNO3. The number of halogens is 1. The van der Waals surface area contributed by atoms with E-state index in [4.69, 9.17) is 16.3 Å². The fraction of sp³-hybridized carbons (Fsp3) is 0.429. The normalized spacial score (nSPS) is 11.0. The van der Waals surface area contributed by atoms with Crippen LogP contribution in [-0.4, -0.2) is 23.8 Å². The van der Waals surface area contributed by atoms with Gasteiger partial charge in [0.15, 0.2) is 12.4 Å². The molecule has 1 N–H and O–H groups in total. The van der Waals surface area contributed by atoms with Crippen LogP contribution in [0.25, 0.3) is 0 Å². The second-order valence-electron chi connectivity index (χ2n) is 5.28. The molecule has 0 radical (unpaired) electrons. The van der Waals surface area contributed by atoms with Crippen LogP contribution in [0.1, 0.15) is 38.1 Å². The Morgan fingerprint density at radius 3 is 2.47 bits per heavy atom. The van der Waals surface area contributed by atoms with Crippen molar-refractivity contribution in [2.75, 3.05) is 6.61 Å². The summed E-state index contributed by atoms with van der Waals surface area (Å²) in [5, 5.41) is 3.23. The molecule has 0 aliphatic carbocycles. The van der Waals surface area contributed by atoms with E-state index in [9.17, 15) is 9.59 Å². The number of carbonyl (C=O) groups excluding carboxylic acids is 2. The molecule has 1 rings (SSSR count). The molecule has 0 atom stereocenters. The van der Waals surface area contributed by atoms with E-state index in [1.165, 1.54) is 13.0 Å². The molecule has 1 aromatic rings. The minimum atomic E-state index is -0.316. The van der Waals surface area contributed by atoms with Crippen LogP contribution in [0.2, 0.25) is 5.02 Å². The zero-order valence-corrected chi connectivity index (χ0v) is 12.3. The highest BCUT2D eigenvalue weighted by Crippen LogP contribution is 2.23. The van der Waals surface area contributed by atoms with Crippen molar-refractivity contribution in [1.82, 2.24) is 5.32 Å². The SMILES string of the molecule is CC(=O)c1cc(Cl)ccc1OCC(=O)NC(C)(C)C. The van der Waals surface area contributed by atoms with E-state index in [-0.39, 0.29) is 23.8 Å². The van der Waals surface area contributed by atoms with Gasteiger partial charge in [0, 0.05) is 10.6 Å². The van der Waals surface area contributed by atoms with E-state index in [1.54, 1.807) is 12.1 Å².